The summed E-state index contributed by atoms with van der Waals surface area (Å²) in [5.74, 6) is -0.0125. The number of nitrogens with zero attached hydrogens (tertiary/aromatic N) is 2. The van der Waals surface area contributed by atoms with Crippen LogP contribution in [-0.2, 0) is 19.5 Å². The summed E-state index contributed by atoms with van der Waals surface area (Å²) < 4.78 is 35.6. The van der Waals surface area contributed by atoms with Crippen molar-refractivity contribution in [2.75, 3.05) is 57.1 Å². The molecule has 1 saturated heterocycles. The molecule has 1 aliphatic heterocycles. The van der Waals surface area contributed by atoms with Gasteiger partial charge in [-0.2, -0.15) is 0 Å². The van der Waals surface area contributed by atoms with E-state index in [1.165, 1.54) is 4.31 Å². The van der Waals surface area contributed by atoms with E-state index in [0.717, 1.165) is 0 Å². The van der Waals surface area contributed by atoms with E-state index in [4.69, 9.17) is 9.47 Å². The van der Waals surface area contributed by atoms with Gasteiger partial charge in [0, 0.05) is 39.4 Å². The first-order valence-corrected chi connectivity index (χ1v) is 9.48. The van der Waals surface area contributed by atoms with Gasteiger partial charge in [0.2, 0.25) is 10.0 Å². The van der Waals surface area contributed by atoms with E-state index in [9.17, 15) is 13.2 Å². The molecule has 0 saturated carbocycles. The molecule has 0 N–H and O–H groups in total. The topological polar surface area (TPSA) is 76.2 Å². The molecule has 0 radical (unpaired) electrons. The third kappa shape index (κ3) is 4.46. The zero-order valence-corrected chi connectivity index (χ0v) is 14.9. The number of hydrogen-bond acceptors (Lipinski definition) is 5. The van der Waals surface area contributed by atoms with Gasteiger partial charge in [-0.25, -0.2) is 8.42 Å². The molecule has 24 heavy (non-hydrogen) atoms. The van der Waals surface area contributed by atoms with Gasteiger partial charge in [-0.05, 0) is 24.6 Å². The molecule has 0 aliphatic carbocycles. The summed E-state index contributed by atoms with van der Waals surface area (Å²) in [6.07, 6.45) is 0.605. The number of anilines is 1. The SMILES string of the molecule is COCCN(CCOC)C(=O)c1cccc(N2CCCS2(=O)=O)c1. The van der Waals surface area contributed by atoms with Crippen LogP contribution in [0.15, 0.2) is 24.3 Å². The third-order valence-electron chi connectivity index (χ3n) is 3.90. The maximum absolute atomic E-state index is 12.7. The lowest BCUT2D eigenvalue weighted by molar-refractivity contribution is 0.0627. The van der Waals surface area contributed by atoms with Crippen molar-refractivity contribution < 1.29 is 22.7 Å². The number of benzene rings is 1. The predicted molar refractivity (Wildman–Crippen MR) is 91.8 cm³/mol. The van der Waals surface area contributed by atoms with Gasteiger partial charge in [-0.3, -0.25) is 9.10 Å². The molecule has 0 bridgehead atoms. The van der Waals surface area contributed by atoms with Crippen LogP contribution in [0.1, 0.15) is 16.8 Å². The summed E-state index contributed by atoms with van der Waals surface area (Å²) in [6, 6.07) is 6.76. The van der Waals surface area contributed by atoms with Gasteiger partial charge < -0.3 is 14.4 Å². The molecule has 0 aromatic heterocycles. The van der Waals surface area contributed by atoms with E-state index in [1.807, 2.05) is 0 Å². The fourth-order valence-corrected chi connectivity index (χ4v) is 4.18. The summed E-state index contributed by atoms with van der Waals surface area (Å²) in [6.45, 7) is 2.21. The van der Waals surface area contributed by atoms with Crippen LogP contribution in [-0.4, -0.2) is 72.0 Å². The van der Waals surface area contributed by atoms with Crippen molar-refractivity contribution in [1.29, 1.82) is 0 Å². The van der Waals surface area contributed by atoms with Crippen LogP contribution in [0.3, 0.4) is 0 Å². The number of ether oxygens (including phenoxy) is 2. The van der Waals surface area contributed by atoms with Gasteiger partial charge in [0.1, 0.15) is 0 Å². The minimum Gasteiger partial charge on any atom is -0.383 e. The molecule has 2 rings (SSSR count). The minimum absolute atomic E-state index is 0.152. The zero-order chi connectivity index (χ0) is 17.6. The highest BCUT2D eigenvalue weighted by molar-refractivity contribution is 7.93. The normalized spacial score (nSPS) is 16.3. The largest absolute Gasteiger partial charge is 0.383 e. The smallest absolute Gasteiger partial charge is 0.254 e. The quantitative estimate of drug-likeness (QED) is 0.693. The molecule has 1 aliphatic rings. The van der Waals surface area contributed by atoms with Gasteiger partial charge in [0.05, 0.1) is 24.7 Å². The van der Waals surface area contributed by atoms with Crippen molar-refractivity contribution in [3.8, 4) is 0 Å². The Hall–Kier alpha value is -1.64. The van der Waals surface area contributed by atoms with Crippen molar-refractivity contribution in [1.82, 2.24) is 4.90 Å². The first-order valence-electron chi connectivity index (χ1n) is 7.87. The number of hydrogen-bond donors (Lipinski definition) is 0. The van der Waals surface area contributed by atoms with Gasteiger partial charge in [0.25, 0.3) is 5.91 Å². The summed E-state index contributed by atoms with van der Waals surface area (Å²) in [5, 5.41) is 0. The average molecular weight is 356 g/mol. The van der Waals surface area contributed by atoms with Crippen LogP contribution >= 0.6 is 0 Å². The second-order valence-corrected chi connectivity index (χ2v) is 7.58. The monoisotopic (exact) mass is 356 g/mol. The standard InChI is InChI=1S/C16H24N2O5S/c1-22-10-8-17(9-11-23-2)16(19)14-5-3-6-15(13-14)18-7-4-12-24(18,20)21/h3,5-6,13H,4,7-12H2,1-2H3. The molecule has 0 spiro atoms. The van der Waals surface area contributed by atoms with Crippen LogP contribution in [0.5, 0.6) is 0 Å². The number of carbonyl (C=O) groups excluding carboxylic acids is 1. The first-order chi connectivity index (χ1) is 11.5. The molecule has 1 aromatic rings. The highest BCUT2D eigenvalue weighted by Gasteiger charge is 2.29. The molecule has 0 unspecified atom stereocenters. The summed E-state index contributed by atoms with van der Waals surface area (Å²) in [4.78, 5) is 14.4. The number of amides is 1. The second kappa shape index (κ2) is 8.46. The van der Waals surface area contributed by atoms with Crippen LogP contribution in [0, 0.1) is 0 Å². The number of carbonyl (C=O) groups is 1. The zero-order valence-electron chi connectivity index (χ0n) is 14.1. The summed E-state index contributed by atoms with van der Waals surface area (Å²) >= 11 is 0. The number of methoxy groups -OCH3 is 2. The average Bonchev–Trinajstić information content (AvgIpc) is 2.94. The molecule has 1 fully saturated rings. The van der Waals surface area contributed by atoms with E-state index in [-0.39, 0.29) is 11.7 Å². The van der Waals surface area contributed by atoms with Crippen LogP contribution in [0.25, 0.3) is 0 Å². The Morgan fingerprint density at radius 3 is 2.42 bits per heavy atom. The highest BCUT2D eigenvalue weighted by atomic mass is 32.2. The molecular formula is C16H24N2O5S. The predicted octanol–water partition coefficient (Wildman–Crippen LogP) is 0.961. The highest BCUT2D eigenvalue weighted by Crippen LogP contribution is 2.25. The Balaban J connectivity index is 2.20. The molecule has 8 heteroatoms. The molecule has 134 valence electrons. The maximum Gasteiger partial charge on any atom is 0.254 e. The molecular weight excluding hydrogens is 332 g/mol. The van der Waals surface area contributed by atoms with Crippen LogP contribution in [0.4, 0.5) is 5.69 Å². The van der Waals surface area contributed by atoms with E-state index < -0.39 is 10.0 Å². The fraction of sp³-hybridized carbons (Fsp3) is 0.562. The Morgan fingerprint density at radius 1 is 1.21 bits per heavy atom. The van der Waals surface area contributed by atoms with Gasteiger partial charge in [0.15, 0.2) is 0 Å². The molecule has 1 amide bonds. The minimum atomic E-state index is -3.26. The van der Waals surface area contributed by atoms with Crippen molar-refractivity contribution in [2.45, 2.75) is 6.42 Å². The summed E-state index contributed by atoms with van der Waals surface area (Å²) in [5.41, 5.74) is 0.999. The number of rotatable bonds is 8. The fourth-order valence-electron chi connectivity index (χ4n) is 2.62. The van der Waals surface area contributed by atoms with Crippen molar-refractivity contribution in [3.63, 3.8) is 0 Å². The van der Waals surface area contributed by atoms with E-state index in [2.05, 4.69) is 0 Å². The first kappa shape index (κ1) is 18.7. The Bertz CT molecular complexity index is 654. The molecule has 7 nitrogen and oxygen atoms in total. The Morgan fingerprint density at radius 2 is 1.88 bits per heavy atom. The number of sulfonamides is 1. The lowest BCUT2D eigenvalue weighted by Gasteiger charge is -2.23. The molecule has 1 aromatic carbocycles. The summed E-state index contributed by atoms with van der Waals surface area (Å²) in [7, 11) is -0.100. The van der Waals surface area contributed by atoms with Crippen molar-refractivity contribution >= 4 is 21.6 Å². The van der Waals surface area contributed by atoms with E-state index in [0.29, 0.717) is 50.5 Å². The Labute approximate surface area is 143 Å². The maximum atomic E-state index is 12.7. The van der Waals surface area contributed by atoms with Gasteiger partial charge >= 0.3 is 0 Å². The third-order valence-corrected chi connectivity index (χ3v) is 5.77. The van der Waals surface area contributed by atoms with Gasteiger partial charge in [-0.15, -0.1) is 0 Å². The molecule has 1 heterocycles. The second-order valence-electron chi connectivity index (χ2n) is 5.57. The van der Waals surface area contributed by atoms with Gasteiger partial charge in [-0.1, -0.05) is 6.07 Å². The lowest BCUT2D eigenvalue weighted by atomic mass is 10.1. The van der Waals surface area contributed by atoms with E-state index >= 15 is 0 Å². The van der Waals surface area contributed by atoms with Crippen LogP contribution in [0.2, 0.25) is 0 Å². The van der Waals surface area contributed by atoms with Crippen molar-refractivity contribution in [3.05, 3.63) is 29.8 Å². The van der Waals surface area contributed by atoms with Crippen LogP contribution < -0.4 is 4.31 Å². The lowest BCUT2D eigenvalue weighted by Crippen LogP contribution is -2.36. The molecule has 0 atom stereocenters. The van der Waals surface area contributed by atoms with Crippen molar-refractivity contribution in [2.24, 2.45) is 0 Å². The Kier molecular flexibility index (Phi) is 6.59. The van der Waals surface area contributed by atoms with E-state index in [1.54, 1.807) is 43.4 Å².